The largest absolute Gasteiger partial charge is 0.377 e. The molecule has 0 spiro atoms. The van der Waals surface area contributed by atoms with Crippen LogP contribution in [0.2, 0.25) is 0 Å². The van der Waals surface area contributed by atoms with Gasteiger partial charge in [0.05, 0.1) is 18.9 Å². The first-order valence-electron chi connectivity index (χ1n) is 6.38. The van der Waals surface area contributed by atoms with Gasteiger partial charge in [0.2, 0.25) is 0 Å². The Bertz CT molecular complexity index is 183. The summed E-state index contributed by atoms with van der Waals surface area (Å²) in [6, 6.07) is 0. The fourth-order valence-corrected chi connectivity index (χ4v) is 2.33. The molecule has 17 heavy (non-hydrogen) atoms. The molecule has 0 aromatic rings. The van der Waals surface area contributed by atoms with Crippen molar-refractivity contribution in [3.05, 3.63) is 0 Å². The predicted molar refractivity (Wildman–Crippen MR) is 66.4 cm³/mol. The lowest BCUT2D eigenvalue weighted by Crippen LogP contribution is -2.31. The molecule has 5 nitrogen and oxygen atoms in total. The van der Waals surface area contributed by atoms with E-state index in [4.69, 9.17) is 23.4 Å². The Morgan fingerprint density at radius 1 is 1.18 bits per heavy atom. The van der Waals surface area contributed by atoms with Crippen LogP contribution in [0.3, 0.4) is 0 Å². The molecule has 0 radical (unpaired) electrons. The number of hydrogen-bond acceptors (Lipinski definition) is 5. The van der Waals surface area contributed by atoms with Crippen molar-refractivity contribution < 1.29 is 23.4 Å². The molecule has 1 aliphatic heterocycles. The first-order chi connectivity index (χ1) is 8.30. The maximum absolute atomic E-state index is 5.72. The molecule has 1 heterocycles. The smallest absolute Gasteiger partial charge is 0.261 e. The van der Waals surface area contributed by atoms with Gasteiger partial charge in [-0.2, -0.15) is 0 Å². The van der Waals surface area contributed by atoms with Gasteiger partial charge in [0.1, 0.15) is 6.10 Å². The van der Waals surface area contributed by atoms with Crippen molar-refractivity contribution in [1.29, 1.82) is 0 Å². The number of rotatable bonds is 11. The van der Waals surface area contributed by atoms with Crippen LogP contribution in [-0.4, -0.2) is 54.5 Å². The van der Waals surface area contributed by atoms with Crippen LogP contribution < -0.4 is 0 Å². The summed E-state index contributed by atoms with van der Waals surface area (Å²) in [6.45, 7) is 8.13. The molecule has 0 bridgehead atoms. The highest BCUT2D eigenvalue weighted by Gasteiger charge is 2.24. The van der Waals surface area contributed by atoms with Crippen molar-refractivity contribution in [3.8, 4) is 0 Å². The van der Waals surface area contributed by atoms with Gasteiger partial charge in [-0.25, -0.2) is 0 Å². The van der Waals surface area contributed by atoms with E-state index in [1.54, 1.807) is 0 Å². The molecule has 0 aliphatic carbocycles. The monoisotopic (exact) mass is 264 g/mol. The zero-order valence-electron chi connectivity index (χ0n) is 11.0. The topological polar surface area (TPSA) is 49.5 Å². The second-order valence-corrected chi connectivity index (χ2v) is 5.43. The van der Waals surface area contributed by atoms with Crippen molar-refractivity contribution in [3.63, 3.8) is 0 Å². The maximum atomic E-state index is 5.72. The summed E-state index contributed by atoms with van der Waals surface area (Å²) in [6.07, 6.45) is 1.27. The average Bonchev–Trinajstić information content (AvgIpc) is 3.13. The van der Waals surface area contributed by atoms with Crippen molar-refractivity contribution in [2.75, 3.05) is 26.4 Å². The van der Waals surface area contributed by atoms with Crippen molar-refractivity contribution in [1.82, 2.24) is 0 Å². The molecule has 1 rings (SSSR count). The summed E-state index contributed by atoms with van der Waals surface area (Å²) >= 11 is 0. The molecule has 2 unspecified atom stereocenters. The van der Waals surface area contributed by atoms with E-state index in [9.17, 15) is 0 Å². The van der Waals surface area contributed by atoms with E-state index in [1.807, 2.05) is 13.8 Å². The van der Waals surface area contributed by atoms with Crippen molar-refractivity contribution in [2.45, 2.75) is 45.5 Å². The lowest BCUT2D eigenvalue weighted by Gasteiger charge is -2.21. The zero-order valence-corrected chi connectivity index (χ0v) is 12.4. The van der Waals surface area contributed by atoms with E-state index in [-0.39, 0.29) is 5.73 Å². The van der Waals surface area contributed by atoms with Gasteiger partial charge < -0.3 is 23.4 Å². The summed E-state index contributed by atoms with van der Waals surface area (Å²) < 4.78 is 27.1. The highest BCUT2D eigenvalue weighted by molar-refractivity contribution is 6.29. The first-order valence-corrected chi connectivity index (χ1v) is 7.77. The molecular weight excluding hydrogens is 240 g/mol. The van der Waals surface area contributed by atoms with Gasteiger partial charge in [-0.1, -0.05) is 6.92 Å². The second-order valence-electron chi connectivity index (χ2n) is 3.85. The number of hydrogen-bond donors (Lipinski definition) is 0. The minimum atomic E-state index is -0.806. The van der Waals surface area contributed by atoms with Crippen LogP contribution in [0.25, 0.3) is 0 Å². The van der Waals surface area contributed by atoms with Crippen LogP contribution in [0.15, 0.2) is 0 Å². The molecule has 0 aromatic heterocycles. The summed E-state index contributed by atoms with van der Waals surface area (Å²) in [5.74, 6) is 0. The fraction of sp³-hybridized carbons (Fsp3) is 1.00. The van der Waals surface area contributed by atoms with E-state index >= 15 is 0 Å². The van der Waals surface area contributed by atoms with Crippen molar-refractivity contribution in [2.24, 2.45) is 0 Å². The molecule has 0 aromatic carbocycles. The molecule has 6 heteroatoms. The molecule has 2 atom stereocenters. The van der Waals surface area contributed by atoms with Crippen LogP contribution in [0.5, 0.6) is 0 Å². The summed E-state index contributed by atoms with van der Waals surface area (Å²) in [5.41, 5.74) is 0.211. The van der Waals surface area contributed by atoms with E-state index in [0.29, 0.717) is 25.9 Å². The van der Waals surface area contributed by atoms with Gasteiger partial charge in [0.25, 0.3) is 6.48 Å². The Labute approximate surface area is 106 Å². The normalized spacial score (nSPS) is 21.5. The van der Waals surface area contributed by atoms with Gasteiger partial charge >= 0.3 is 0 Å². The molecule has 0 saturated carbocycles. The molecule has 0 N–H and O–H groups in total. The highest BCUT2D eigenvalue weighted by Crippen LogP contribution is 2.11. The van der Waals surface area contributed by atoms with Crippen LogP contribution >= 0.6 is 0 Å². The van der Waals surface area contributed by atoms with Gasteiger partial charge in [-0.15, -0.1) is 0 Å². The number of ether oxygens (including phenoxy) is 4. The molecule has 1 fully saturated rings. The Morgan fingerprint density at radius 2 is 1.82 bits per heavy atom. The van der Waals surface area contributed by atoms with Crippen LogP contribution in [0, 0.1) is 0 Å². The van der Waals surface area contributed by atoms with E-state index in [1.165, 1.54) is 0 Å². The lowest BCUT2D eigenvalue weighted by molar-refractivity contribution is -0.245. The summed E-state index contributed by atoms with van der Waals surface area (Å²) in [7, 11) is -0.806. The second kappa shape index (κ2) is 9.01. The molecule has 1 saturated heterocycles. The number of epoxide rings is 1. The van der Waals surface area contributed by atoms with Crippen LogP contribution in [0.1, 0.15) is 27.2 Å². The van der Waals surface area contributed by atoms with E-state index in [0.717, 1.165) is 13.0 Å². The van der Waals surface area contributed by atoms with Gasteiger partial charge in [-0.05, 0) is 20.3 Å². The third kappa shape index (κ3) is 7.12. The van der Waals surface area contributed by atoms with Gasteiger partial charge in [0, 0.05) is 13.2 Å². The van der Waals surface area contributed by atoms with Crippen LogP contribution in [-0.2, 0) is 23.4 Å². The lowest BCUT2D eigenvalue weighted by atomic mass is 10.5. The Balaban J connectivity index is 2.13. The minimum absolute atomic E-state index is 0.211. The third-order valence-corrected chi connectivity index (χ3v) is 4.05. The molecular formula is C11H24O5Si. The van der Waals surface area contributed by atoms with E-state index in [2.05, 4.69) is 6.92 Å². The van der Waals surface area contributed by atoms with Gasteiger partial charge in [0.15, 0.2) is 9.76 Å². The van der Waals surface area contributed by atoms with E-state index < -0.39 is 16.2 Å². The highest BCUT2D eigenvalue weighted by atomic mass is 28.2. The SMILES string of the molecule is CCOC(OCC)O[SiH2]C(CC)OCC1CO1. The molecule has 1 aliphatic rings. The van der Waals surface area contributed by atoms with Crippen LogP contribution in [0.4, 0.5) is 0 Å². The standard InChI is InChI=1S/C11H24O5Si/c1-4-10(15-8-9-7-14-9)17-16-11(12-5-2)13-6-3/h9-11H,4-8,17H2,1-3H3. The molecule has 0 amide bonds. The average molecular weight is 264 g/mol. The Hall–Kier alpha value is 0.0169. The maximum Gasteiger partial charge on any atom is 0.261 e. The Morgan fingerprint density at radius 3 is 2.29 bits per heavy atom. The summed E-state index contributed by atoms with van der Waals surface area (Å²) in [4.78, 5) is 0. The fourth-order valence-electron chi connectivity index (χ4n) is 1.29. The predicted octanol–water partition coefficient (Wildman–Crippen LogP) is 0.595. The quantitative estimate of drug-likeness (QED) is 0.311. The molecule has 102 valence electrons. The zero-order chi connectivity index (χ0) is 12.5. The first kappa shape index (κ1) is 15.1. The van der Waals surface area contributed by atoms with Gasteiger partial charge in [-0.3, -0.25) is 0 Å². The van der Waals surface area contributed by atoms with Crippen molar-refractivity contribution >= 4 is 9.76 Å². The third-order valence-electron chi connectivity index (χ3n) is 2.40. The summed E-state index contributed by atoms with van der Waals surface area (Å²) in [5, 5.41) is 0. The Kier molecular flexibility index (Phi) is 7.99. The minimum Gasteiger partial charge on any atom is -0.377 e.